The lowest BCUT2D eigenvalue weighted by Crippen LogP contribution is -2.07. The van der Waals surface area contributed by atoms with E-state index in [9.17, 15) is 10.1 Å². The second-order valence-electron chi connectivity index (χ2n) is 5.06. The Kier molecular flexibility index (Phi) is 4.41. The summed E-state index contributed by atoms with van der Waals surface area (Å²) in [7, 11) is 1.47. The maximum Gasteiger partial charge on any atom is 0.342 e. The van der Waals surface area contributed by atoms with Crippen LogP contribution in [-0.4, -0.2) is 17.5 Å². The SMILES string of the molecule is COc1ccc(Cl)cc1C(=O)OCc1cn2ccccc2c1C#N. The number of benzene rings is 1. The van der Waals surface area contributed by atoms with Crippen molar-refractivity contribution in [3.8, 4) is 11.8 Å². The molecule has 0 amide bonds. The number of hydrogen-bond donors (Lipinski definition) is 0. The molecule has 3 rings (SSSR count). The molecule has 0 saturated heterocycles. The number of fused-ring (bicyclic) bond motifs is 1. The van der Waals surface area contributed by atoms with Crippen molar-refractivity contribution in [1.82, 2.24) is 4.40 Å². The summed E-state index contributed by atoms with van der Waals surface area (Å²) in [6.45, 7) is -0.0148. The van der Waals surface area contributed by atoms with Gasteiger partial charge in [-0.25, -0.2) is 4.79 Å². The molecule has 0 N–H and O–H groups in total. The highest BCUT2D eigenvalue weighted by molar-refractivity contribution is 6.31. The van der Waals surface area contributed by atoms with Crippen LogP contribution in [0.3, 0.4) is 0 Å². The van der Waals surface area contributed by atoms with Crippen LogP contribution < -0.4 is 4.74 Å². The van der Waals surface area contributed by atoms with Crippen LogP contribution in [0.25, 0.3) is 5.52 Å². The molecule has 0 fully saturated rings. The first-order valence-corrected chi connectivity index (χ1v) is 7.51. The van der Waals surface area contributed by atoms with Gasteiger partial charge in [0, 0.05) is 23.0 Å². The summed E-state index contributed by atoms with van der Waals surface area (Å²) < 4.78 is 12.3. The zero-order chi connectivity index (χ0) is 17.1. The summed E-state index contributed by atoms with van der Waals surface area (Å²) in [6.07, 6.45) is 3.61. The van der Waals surface area contributed by atoms with E-state index < -0.39 is 5.97 Å². The second kappa shape index (κ2) is 6.65. The number of methoxy groups -OCH3 is 1. The normalized spacial score (nSPS) is 10.4. The Morgan fingerprint density at radius 1 is 1.33 bits per heavy atom. The number of nitrogens with zero attached hydrogens (tertiary/aromatic N) is 2. The van der Waals surface area contributed by atoms with Crippen molar-refractivity contribution >= 4 is 23.1 Å². The van der Waals surface area contributed by atoms with Crippen molar-refractivity contribution in [2.24, 2.45) is 0 Å². The molecule has 2 heterocycles. The lowest BCUT2D eigenvalue weighted by molar-refractivity contribution is 0.0469. The van der Waals surface area contributed by atoms with Gasteiger partial charge in [-0.3, -0.25) is 0 Å². The number of halogens is 1. The number of hydrogen-bond acceptors (Lipinski definition) is 4. The van der Waals surface area contributed by atoms with Crippen LogP contribution in [0.15, 0.2) is 48.8 Å². The van der Waals surface area contributed by atoms with Gasteiger partial charge in [-0.1, -0.05) is 17.7 Å². The van der Waals surface area contributed by atoms with Gasteiger partial charge in [0.2, 0.25) is 0 Å². The summed E-state index contributed by atoms with van der Waals surface area (Å²) in [5.41, 5.74) is 2.14. The number of esters is 1. The van der Waals surface area contributed by atoms with E-state index in [-0.39, 0.29) is 12.2 Å². The van der Waals surface area contributed by atoms with Crippen molar-refractivity contribution in [3.63, 3.8) is 0 Å². The van der Waals surface area contributed by atoms with Gasteiger partial charge in [0.25, 0.3) is 0 Å². The molecular formula is C18H13ClN2O3. The molecule has 0 unspecified atom stereocenters. The fraction of sp³-hybridized carbons (Fsp3) is 0.111. The molecule has 2 aromatic heterocycles. The second-order valence-corrected chi connectivity index (χ2v) is 5.49. The monoisotopic (exact) mass is 340 g/mol. The Hall–Kier alpha value is -2.97. The number of rotatable bonds is 4. The molecule has 0 atom stereocenters. The third-order valence-electron chi connectivity index (χ3n) is 3.61. The van der Waals surface area contributed by atoms with Crippen molar-refractivity contribution in [1.29, 1.82) is 5.26 Å². The number of carbonyl (C=O) groups is 1. The Balaban J connectivity index is 1.85. The average molecular weight is 341 g/mol. The van der Waals surface area contributed by atoms with E-state index in [0.717, 1.165) is 5.52 Å². The molecule has 0 spiro atoms. The third-order valence-corrected chi connectivity index (χ3v) is 3.85. The number of carbonyl (C=O) groups excluding carboxylic acids is 1. The van der Waals surface area contributed by atoms with Gasteiger partial charge in [0.15, 0.2) is 0 Å². The maximum absolute atomic E-state index is 12.3. The minimum absolute atomic E-state index is 0.0148. The molecule has 1 aromatic carbocycles. The van der Waals surface area contributed by atoms with Crippen LogP contribution in [0.1, 0.15) is 21.5 Å². The molecule has 0 aliphatic heterocycles. The van der Waals surface area contributed by atoms with Gasteiger partial charge in [-0.05, 0) is 30.3 Å². The smallest absolute Gasteiger partial charge is 0.342 e. The van der Waals surface area contributed by atoms with Crippen LogP contribution in [0.4, 0.5) is 0 Å². The predicted molar refractivity (Wildman–Crippen MR) is 89.2 cm³/mol. The zero-order valence-electron chi connectivity index (χ0n) is 12.8. The summed E-state index contributed by atoms with van der Waals surface area (Å²) in [5.74, 6) is -0.180. The van der Waals surface area contributed by atoms with E-state index in [0.29, 0.717) is 21.9 Å². The number of aromatic nitrogens is 1. The van der Waals surface area contributed by atoms with Gasteiger partial charge in [0.1, 0.15) is 24.0 Å². The largest absolute Gasteiger partial charge is 0.496 e. The minimum atomic E-state index is -0.562. The minimum Gasteiger partial charge on any atom is -0.496 e. The lowest BCUT2D eigenvalue weighted by atomic mass is 10.2. The molecule has 6 heteroatoms. The van der Waals surface area contributed by atoms with Crippen LogP contribution >= 0.6 is 11.6 Å². The maximum atomic E-state index is 12.3. The van der Waals surface area contributed by atoms with Crippen molar-refractivity contribution in [2.45, 2.75) is 6.61 Å². The standard InChI is InChI=1S/C18H13ClN2O3/c1-23-17-6-5-13(19)8-14(17)18(22)24-11-12-10-21-7-3-2-4-16(21)15(12)9-20/h2-8,10H,11H2,1H3. The quantitative estimate of drug-likeness (QED) is 0.677. The molecular weight excluding hydrogens is 328 g/mol. The number of ether oxygens (including phenoxy) is 2. The van der Waals surface area contributed by atoms with Crippen molar-refractivity contribution in [3.05, 3.63) is 70.5 Å². The highest BCUT2D eigenvalue weighted by Gasteiger charge is 2.17. The van der Waals surface area contributed by atoms with Crippen LogP contribution in [0, 0.1) is 11.3 Å². The van der Waals surface area contributed by atoms with Gasteiger partial charge in [-0.2, -0.15) is 5.26 Å². The van der Waals surface area contributed by atoms with E-state index in [2.05, 4.69) is 6.07 Å². The average Bonchev–Trinajstić information content (AvgIpc) is 2.97. The highest BCUT2D eigenvalue weighted by Crippen LogP contribution is 2.24. The van der Waals surface area contributed by atoms with E-state index in [1.54, 1.807) is 18.3 Å². The number of nitriles is 1. The molecule has 120 valence electrons. The first-order valence-electron chi connectivity index (χ1n) is 7.13. The van der Waals surface area contributed by atoms with Gasteiger partial charge < -0.3 is 13.9 Å². The molecule has 3 aromatic rings. The molecule has 0 aliphatic rings. The van der Waals surface area contributed by atoms with Gasteiger partial charge >= 0.3 is 5.97 Å². The molecule has 0 radical (unpaired) electrons. The van der Waals surface area contributed by atoms with Crippen LogP contribution in [0.2, 0.25) is 5.02 Å². The first kappa shape index (κ1) is 15.9. The lowest BCUT2D eigenvalue weighted by Gasteiger charge is -2.08. The summed E-state index contributed by atoms with van der Waals surface area (Å²) in [4.78, 5) is 12.3. The van der Waals surface area contributed by atoms with E-state index in [1.807, 2.05) is 28.8 Å². The molecule has 0 bridgehead atoms. The molecule has 0 saturated carbocycles. The first-order chi connectivity index (χ1) is 11.6. The fourth-order valence-corrected chi connectivity index (χ4v) is 2.65. The van der Waals surface area contributed by atoms with Gasteiger partial charge in [0.05, 0.1) is 18.2 Å². The van der Waals surface area contributed by atoms with Gasteiger partial charge in [-0.15, -0.1) is 0 Å². The molecule has 5 nitrogen and oxygen atoms in total. The fourth-order valence-electron chi connectivity index (χ4n) is 2.48. The Labute approximate surface area is 143 Å². The molecule has 0 aliphatic carbocycles. The Bertz CT molecular complexity index is 957. The Morgan fingerprint density at radius 3 is 2.92 bits per heavy atom. The summed E-state index contributed by atoms with van der Waals surface area (Å²) in [6, 6.07) is 12.4. The van der Waals surface area contributed by atoms with E-state index in [4.69, 9.17) is 21.1 Å². The highest BCUT2D eigenvalue weighted by atomic mass is 35.5. The number of pyridine rings is 1. The summed E-state index contributed by atoms with van der Waals surface area (Å²) >= 11 is 5.93. The van der Waals surface area contributed by atoms with Crippen LogP contribution in [-0.2, 0) is 11.3 Å². The molecule has 24 heavy (non-hydrogen) atoms. The van der Waals surface area contributed by atoms with Crippen molar-refractivity contribution in [2.75, 3.05) is 7.11 Å². The van der Waals surface area contributed by atoms with E-state index in [1.165, 1.54) is 13.2 Å². The topological polar surface area (TPSA) is 63.7 Å². The zero-order valence-corrected chi connectivity index (χ0v) is 13.6. The predicted octanol–water partition coefficient (Wildman–Crippen LogP) is 3.83. The van der Waals surface area contributed by atoms with E-state index >= 15 is 0 Å². The Morgan fingerprint density at radius 2 is 2.17 bits per heavy atom. The van der Waals surface area contributed by atoms with Crippen LogP contribution in [0.5, 0.6) is 5.75 Å². The van der Waals surface area contributed by atoms with Crippen molar-refractivity contribution < 1.29 is 14.3 Å². The summed E-state index contributed by atoms with van der Waals surface area (Å²) in [5, 5.41) is 9.78. The third kappa shape index (κ3) is 2.92.